The Kier molecular flexibility index (Phi) is 4.99. The first kappa shape index (κ1) is 18.4. The van der Waals surface area contributed by atoms with Gasteiger partial charge in [0.25, 0.3) is 0 Å². The number of para-hydroxylation sites is 1. The van der Waals surface area contributed by atoms with Crippen molar-refractivity contribution in [1.29, 1.82) is 0 Å². The van der Waals surface area contributed by atoms with Crippen molar-refractivity contribution >= 4 is 21.0 Å². The van der Waals surface area contributed by atoms with Gasteiger partial charge in [-0.05, 0) is 42.5 Å². The maximum atomic E-state index is 12.6. The van der Waals surface area contributed by atoms with Crippen molar-refractivity contribution in [3.8, 4) is 5.69 Å². The highest BCUT2D eigenvalue weighted by Gasteiger charge is 2.20. The average molecular weight is 397 g/mol. The highest BCUT2D eigenvalue weighted by atomic mass is 32.2. The van der Waals surface area contributed by atoms with Crippen molar-refractivity contribution in [2.75, 3.05) is 13.7 Å². The van der Waals surface area contributed by atoms with Crippen LogP contribution in [0.2, 0.25) is 0 Å². The number of nitrogens with one attached hydrogen (secondary N) is 1. The van der Waals surface area contributed by atoms with Crippen LogP contribution in [0.1, 0.15) is 11.9 Å². The van der Waals surface area contributed by atoms with Gasteiger partial charge in [-0.3, -0.25) is 0 Å². The van der Waals surface area contributed by atoms with Gasteiger partial charge in [0.05, 0.1) is 10.6 Å². The lowest BCUT2D eigenvalue weighted by molar-refractivity contribution is 0.0893. The number of hydrogen-bond donors (Lipinski definition) is 1. The molecule has 0 amide bonds. The van der Waals surface area contributed by atoms with Gasteiger partial charge in [0, 0.05) is 31.4 Å². The zero-order valence-electron chi connectivity index (χ0n) is 15.1. The van der Waals surface area contributed by atoms with E-state index in [-0.39, 0.29) is 11.4 Å². The fraction of sp³-hybridized carbons (Fsp3) is 0.150. The summed E-state index contributed by atoms with van der Waals surface area (Å²) in [5.41, 5.74) is 1.51. The molecular weight excluding hydrogens is 378 g/mol. The van der Waals surface area contributed by atoms with Crippen LogP contribution < -0.4 is 4.72 Å². The number of sulfonamides is 1. The molecule has 0 aliphatic heterocycles. The van der Waals surface area contributed by atoms with E-state index in [1.165, 1.54) is 7.11 Å². The standard InChI is InChI=1S/C20H19N3O4S/c1-26-20(19-13-15-5-2-3-6-18(15)27-19)14-22-28(24,25)17-9-7-16(8-10-17)23-12-4-11-21-23/h2-13,20,22H,14H2,1H3. The molecule has 0 bridgehead atoms. The first-order valence-electron chi connectivity index (χ1n) is 8.68. The van der Waals surface area contributed by atoms with Gasteiger partial charge in [-0.15, -0.1) is 0 Å². The van der Waals surface area contributed by atoms with E-state index in [1.54, 1.807) is 47.4 Å². The molecule has 28 heavy (non-hydrogen) atoms. The molecule has 2 aromatic heterocycles. The van der Waals surface area contributed by atoms with E-state index in [0.717, 1.165) is 16.7 Å². The maximum absolute atomic E-state index is 12.6. The van der Waals surface area contributed by atoms with Crippen molar-refractivity contribution in [2.45, 2.75) is 11.0 Å². The van der Waals surface area contributed by atoms with Gasteiger partial charge >= 0.3 is 0 Å². The molecule has 4 rings (SSSR count). The lowest BCUT2D eigenvalue weighted by Gasteiger charge is -2.14. The van der Waals surface area contributed by atoms with Crippen LogP contribution in [0.15, 0.2) is 82.4 Å². The predicted molar refractivity (Wildman–Crippen MR) is 105 cm³/mol. The summed E-state index contributed by atoms with van der Waals surface area (Å²) in [6, 6.07) is 17.7. The number of benzene rings is 2. The van der Waals surface area contributed by atoms with E-state index in [2.05, 4.69) is 9.82 Å². The number of fused-ring (bicyclic) bond motifs is 1. The van der Waals surface area contributed by atoms with Gasteiger partial charge in [-0.25, -0.2) is 17.8 Å². The van der Waals surface area contributed by atoms with Crippen molar-refractivity contribution in [2.24, 2.45) is 0 Å². The minimum absolute atomic E-state index is 0.0551. The summed E-state index contributed by atoms with van der Waals surface area (Å²) in [6.07, 6.45) is 2.92. The summed E-state index contributed by atoms with van der Waals surface area (Å²) in [6.45, 7) is 0.0551. The monoisotopic (exact) mass is 397 g/mol. The molecule has 8 heteroatoms. The molecule has 0 aliphatic rings. The van der Waals surface area contributed by atoms with E-state index in [0.29, 0.717) is 5.76 Å². The van der Waals surface area contributed by atoms with Gasteiger partial charge in [0.15, 0.2) is 0 Å². The Labute approximate surface area is 162 Å². The Morgan fingerprint density at radius 2 is 1.93 bits per heavy atom. The summed E-state index contributed by atoms with van der Waals surface area (Å²) >= 11 is 0. The molecule has 1 unspecified atom stereocenters. The van der Waals surface area contributed by atoms with Gasteiger partial charge < -0.3 is 9.15 Å². The van der Waals surface area contributed by atoms with Gasteiger partial charge in [0.1, 0.15) is 17.4 Å². The Bertz CT molecular complexity index is 1130. The molecule has 144 valence electrons. The second-order valence-electron chi connectivity index (χ2n) is 6.21. The van der Waals surface area contributed by atoms with Crippen molar-refractivity contribution < 1.29 is 17.6 Å². The SMILES string of the molecule is COC(CNS(=O)(=O)c1ccc(-n2cccn2)cc1)c1cc2ccccc2o1. The second kappa shape index (κ2) is 7.59. The lowest BCUT2D eigenvalue weighted by Crippen LogP contribution is -2.29. The summed E-state index contributed by atoms with van der Waals surface area (Å²) in [5.74, 6) is 0.570. The quantitative estimate of drug-likeness (QED) is 0.517. The number of ether oxygens (including phenoxy) is 1. The van der Waals surface area contributed by atoms with Crippen molar-refractivity contribution in [3.63, 3.8) is 0 Å². The first-order chi connectivity index (χ1) is 13.6. The van der Waals surface area contributed by atoms with E-state index >= 15 is 0 Å². The smallest absolute Gasteiger partial charge is 0.240 e. The molecule has 0 aliphatic carbocycles. The van der Waals surface area contributed by atoms with Crippen LogP contribution >= 0.6 is 0 Å². The zero-order chi connectivity index (χ0) is 19.6. The van der Waals surface area contributed by atoms with Crippen molar-refractivity contribution in [3.05, 3.63) is 78.8 Å². The molecule has 2 heterocycles. The van der Waals surface area contributed by atoms with Crippen LogP contribution in [0, 0.1) is 0 Å². The number of methoxy groups -OCH3 is 1. The van der Waals surface area contributed by atoms with E-state index in [9.17, 15) is 8.42 Å². The Morgan fingerprint density at radius 3 is 2.61 bits per heavy atom. The molecular formula is C20H19N3O4S. The van der Waals surface area contributed by atoms with E-state index in [4.69, 9.17) is 9.15 Å². The Hall–Kier alpha value is -2.94. The van der Waals surface area contributed by atoms with Crippen LogP contribution in [-0.2, 0) is 14.8 Å². The first-order valence-corrected chi connectivity index (χ1v) is 10.2. The minimum Gasteiger partial charge on any atom is -0.458 e. The van der Waals surface area contributed by atoms with Gasteiger partial charge in [-0.2, -0.15) is 5.10 Å². The van der Waals surface area contributed by atoms with E-state index in [1.807, 2.05) is 30.3 Å². The summed E-state index contributed by atoms with van der Waals surface area (Å²) in [5, 5.41) is 5.07. The number of rotatable bonds is 7. The average Bonchev–Trinajstić information content (AvgIpc) is 3.38. The summed E-state index contributed by atoms with van der Waals surface area (Å²) < 4.78 is 40.7. The Balaban J connectivity index is 1.49. The molecule has 1 N–H and O–H groups in total. The molecule has 0 fully saturated rings. The highest BCUT2D eigenvalue weighted by molar-refractivity contribution is 7.89. The molecule has 0 saturated carbocycles. The third-order valence-electron chi connectivity index (χ3n) is 4.42. The Morgan fingerprint density at radius 1 is 1.14 bits per heavy atom. The number of hydrogen-bond acceptors (Lipinski definition) is 5. The van der Waals surface area contributed by atoms with Crippen molar-refractivity contribution in [1.82, 2.24) is 14.5 Å². The largest absolute Gasteiger partial charge is 0.458 e. The zero-order valence-corrected chi connectivity index (χ0v) is 16.0. The molecule has 0 spiro atoms. The maximum Gasteiger partial charge on any atom is 0.240 e. The third-order valence-corrected chi connectivity index (χ3v) is 5.86. The van der Waals surface area contributed by atoms with Crippen LogP contribution in [0.25, 0.3) is 16.7 Å². The molecule has 0 saturated heterocycles. The minimum atomic E-state index is -3.69. The normalized spacial score (nSPS) is 13.0. The summed E-state index contributed by atoms with van der Waals surface area (Å²) in [4.78, 5) is 0.169. The number of furan rings is 1. The fourth-order valence-corrected chi connectivity index (χ4v) is 3.96. The van der Waals surface area contributed by atoms with Crippen LogP contribution in [-0.4, -0.2) is 31.9 Å². The molecule has 2 aromatic carbocycles. The fourth-order valence-electron chi connectivity index (χ4n) is 2.93. The van der Waals surface area contributed by atoms with Gasteiger partial charge in [-0.1, -0.05) is 18.2 Å². The number of aromatic nitrogens is 2. The molecule has 0 radical (unpaired) electrons. The molecule has 7 nitrogen and oxygen atoms in total. The molecule has 4 aromatic rings. The second-order valence-corrected chi connectivity index (χ2v) is 7.97. The third kappa shape index (κ3) is 3.70. The van der Waals surface area contributed by atoms with Crippen LogP contribution in [0.3, 0.4) is 0 Å². The lowest BCUT2D eigenvalue weighted by atomic mass is 10.2. The van der Waals surface area contributed by atoms with Crippen LogP contribution in [0.4, 0.5) is 0 Å². The highest BCUT2D eigenvalue weighted by Crippen LogP contribution is 2.25. The predicted octanol–water partition coefficient (Wildman–Crippen LogP) is 3.28. The molecule has 1 atom stereocenters. The van der Waals surface area contributed by atoms with E-state index < -0.39 is 16.1 Å². The topological polar surface area (TPSA) is 86.4 Å². The van der Waals surface area contributed by atoms with Crippen LogP contribution in [0.5, 0.6) is 0 Å². The van der Waals surface area contributed by atoms with Gasteiger partial charge in [0.2, 0.25) is 10.0 Å². The number of nitrogens with zero attached hydrogens (tertiary/aromatic N) is 2. The summed E-state index contributed by atoms with van der Waals surface area (Å²) in [7, 11) is -2.17.